The molecule has 0 bridgehead atoms. The number of likely N-dealkylation sites (tertiary alicyclic amines) is 1. The summed E-state index contributed by atoms with van der Waals surface area (Å²) >= 11 is 5.95. The Morgan fingerprint density at radius 3 is 2.60 bits per heavy atom. The first kappa shape index (κ1) is 23.1. The molecule has 0 radical (unpaired) electrons. The molecule has 5 rings (SSSR count). The Labute approximate surface area is 207 Å². The summed E-state index contributed by atoms with van der Waals surface area (Å²) in [4.78, 5) is 27.2. The lowest BCUT2D eigenvalue weighted by atomic mass is 9.79. The van der Waals surface area contributed by atoms with Gasteiger partial charge in [-0.2, -0.15) is 0 Å². The number of nitrogens with zero attached hydrogens (tertiary/aromatic N) is 2. The number of hydrogen-bond donors (Lipinski definition) is 1. The second-order valence-electron chi connectivity index (χ2n) is 8.81. The molecule has 1 saturated heterocycles. The van der Waals surface area contributed by atoms with Crippen LogP contribution in [0.1, 0.15) is 22.6 Å². The lowest BCUT2D eigenvalue weighted by Crippen LogP contribution is -2.54. The molecule has 0 aromatic heterocycles. The number of likely N-dealkylation sites (N-methyl/N-ethyl adjacent to an activating group) is 1. The molecule has 3 aromatic rings. The fraction of sp³-hybridized carbons (Fsp3) is 0.269. The monoisotopic (exact) mass is 493 g/mol. The van der Waals surface area contributed by atoms with Gasteiger partial charge in [0.2, 0.25) is 0 Å². The third-order valence-corrected chi connectivity index (χ3v) is 7.22. The van der Waals surface area contributed by atoms with Gasteiger partial charge in [0.05, 0.1) is 13.0 Å². The normalized spacial score (nSPS) is 23.2. The van der Waals surface area contributed by atoms with E-state index in [2.05, 4.69) is 5.32 Å². The Hall–Kier alpha value is -3.62. The van der Waals surface area contributed by atoms with Crippen molar-refractivity contribution in [2.75, 3.05) is 26.0 Å². The first-order valence-corrected chi connectivity index (χ1v) is 11.5. The highest BCUT2D eigenvalue weighted by Crippen LogP contribution is 2.52. The molecule has 0 unspecified atom stereocenters. The van der Waals surface area contributed by atoms with Gasteiger partial charge in [0.1, 0.15) is 6.61 Å². The number of rotatable bonds is 6. The highest BCUT2D eigenvalue weighted by molar-refractivity contribution is 6.30. The van der Waals surface area contributed by atoms with Gasteiger partial charge in [-0.1, -0.05) is 48.0 Å². The largest absolute Gasteiger partial charge is 0.493 e. The van der Waals surface area contributed by atoms with Crippen LogP contribution >= 0.6 is 11.6 Å². The second-order valence-corrected chi connectivity index (χ2v) is 9.25. The van der Waals surface area contributed by atoms with Gasteiger partial charge < -0.3 is 14.8 Å². The molecular formula is C26H24ClN3O5. The molecule has 1 amide bonds. The summed E-state index contributed by atoms with van der Waals surface area (Å²) in [6.07, 6.45) is 0. The zero-order valence-electron chi connectivity index (χ0n) is 19.2. The number of ether oxygens (including phenoxy) is 2. The molecule has 0 saturated carbocycles. The van der Waals surface area contributed by atoms with Crippen LogP contribution in [-0.4, -0.2) is 42.5 Å². The predicted molar refractivity (Wildman–Crippen MR) is 132 cm³/mol. The van der Waals surface area contributed by atoms with Crippen LogP contribution in [0.25, 0.3) is 0 Å². The summed E-state index contributed by atoms with van der Waals surface area (Å²) in [5.41, 5.74) is 1.51. The van der Waals surface area contributed by atoms with Gasteiger partial charge >= 0.3 is 0 Å². The lowest BCUT2D eigenvalue weighted by molar-refractivity contribution is -0.534. The van der Waals surface area contributed by atoms with Gasteiger partial charge in [0, 0.05) is 27.7 Å². The van der Waals surface area contributed by atoms with Gasteiger partial charge in [0.25, 0.3) is 11.9 Å². The maximum absolute atomic E-state index is 13.3. The zero-order chi connectivity index (χ0) is 24.7. The molecule has 1 fully saturated rings. The third-order valence-electron chi connectivity index (χ3n) is 6.96. The van der Waals surface area contributed by atoms with Crippen LogP contribution < -0.4 is 14.8 Å². The molecular weight excluding hydrogens is 470 g/mol. The number of para-hydroxylation sites is 1. The highest BCUT2D eigenvalue weighted by Gasteiger charge is 2.68. The number of methoxy groups -OCH3 is 1. The van der Waals surface area contributed by atoms with Crippen LogP contribution in [0.5, 0.6) is 11.5 Å². The molecule has 2 aliphatic rings. The molecule has 3 aromatic carbocycles. The average Bonchev–Trinajstić information content (AvgIpc) is 3.33. The first-order chi connectivity index (χ1) is 16.9. The van der Waals surface area contributed by atoms with E-state index in [0.29, 0.717) is 46.5 Å². The maximum Gasteiger partial charge on any atom is 0.256 e. The number of halogens is 1. The van der Waals surface area contributed by atoms with Crippen LogP contribution in [0.2, 0.25) is 5.02 Å². The van der Waals surface area contributed by atoms with Crippen molar-refractivity contribution >= 4 is 23.2 Å². The van der Waals surface area contributed by atoms with Crippen LogP contribution in [0.3, 0.4) is 0 Å². The number of fused-ring (bicyclic) bond motifs is 2. The fourth-order valence-corrected chi connectivity index (χ4v) is 5.48. The summed E-state index contributed by atoms with van der Waals surface area (Å²) in [5, 5.41) is 16.0. The Bertz CT molecular complexity index is 1300. The highest BCUT2D eigenvalue weighted by atomic mass is 35.5. The Kier molecular flexibility index (Phi) is 5.86. The van der Waals surface area contributed by atoms with E-state index in [1.807, 2.05) is 18.2 Å². The topological polar surface area (TPSA) is 93.9 Å². The number of amides is 1. The fourth-order valence-electron chi connectivity index (χ4n) is 5.36. The van der Waals surface area contributed by atoms with E-state index in [9.17, 15) is 14.9 Å². The minimum absolute atomic E-state index is 0.316. The number of nitrogens with one attached hydrogen (secondary N) is 1. The number of carbonyl (C=O) groups is 1. The van der Waals surface area contributed by atoms with Gasteiger partial charge in [-0.05, 0) is 48.5 Å². The van der Waals surface area contributed by atoms with E-state index >= 15 is 0 Å². The number of carbonyl (C=O) groups excluding carboxylic acids is 1. The van der Waals surface area contributed by atoms with E-state index in [4.69, 9.17) is 21.1 Å². The SMILES string of the molecule is COc1cc([C@@H]2CN(C)[C@@]3(C(=O)Nc4ccccc43)[C@H]2[N+](=O)[O-])ccc1OCc1ccc(Cl)cc1. The second kappa shape index (κ2) is 8.87. The van der Waals surface area contributed by atoms with Crippen molar-refractivity contribution in [2.24, 2.45) is 0 Å². The van der Waals surface area contributed by atoms with Crippen molar-refractivity contribution in [1.82, 2.24) is 4.90 Å². The third kappa shape index (κ3) is 3.69. The molecule has 0 aliphatic carbocycles. The van der Waals surface area contributed by atoms with Gasteiger partial charge in [0.15, 0.2) is 17.0 Å². The van der Waals surface area contributed by atoms with Crippen LogP contribution in [0.15, 0.2) is 66.7 Å². The maximum atomic E-state index is 13.3. The molecule has 3 atom stereocenters. The Morgan fingerprint density at radius 2 is 1.89 bits per heavy atom. The van der Waals surface area contributed by atoms with Crippen LogP contribution in [0.4, 0.5) is 5.69 Å². The van der Waals surface area contributed by atoms with Crippen molar-refractivity contribution in [3.8, 4) is 11.5 Å². The van der Waals surface area contributed by atoms with Gasteiger partial charge in [-0.25, -0.2) is 0 Å². The predicted octanol–water partition coefficient (Wildman–Crippen LogP) is 4.45. The number of hydrogen-bond acceptors (Lipinski definition) is 6. The van der Waals surface area contributed by atoms with E-state index in [1.165, 1.54) is 7.11 Å². The average molecular weight is 494 g/mol. The summed E-state index contributed by atoms with van der Waals surface area (Å²) in [6.45, 7) is 0.651. The van der Waals surface area contributed by atoms with Crippen molar-refractivity contribution in [1.29, 1.82) is 0 Å². The molecule has 9 heteroatoms. The minimum atomic E-state index is -1.39. The van der Waals surface area contributed by atoms with E-state index in [1.54, 1.807) is 60.5 Å². The minimum Gasteiger partial charge on any atom is -0.493 e. The van der Waals surface area contributed by atoms with E-state index < -0.39 is 17.5 Å². The van der Waals surface area contributed by atoms with Crippen molar-refractivity contribution in [2.45, 2.75) is 24.1 Å². The Balaban J connectivity index is 1.48. The van der Waals surface area contributed by atoms with Gasteiger partial charge in [-0.3, -0.25) is 19.8 Å². The summed E-state index contributed by atoms with van der Waals surface area (Å²) in [6, 6.07) is 18.7. The molecule has 2 aliphatic heterocycles. The van der Waals surface area contributed by atoms with Crippen molar-refractivity contribution in [3.05, 3.63) is 98.6 Å². The summed E-state index contributed by atoms with van der Waals surface area (Å²) in [7, 11) is 3.29. The quantitative estimate of drug-likeness (QED) is 0.403. The molecule has 180 valence electrons. The number of nitro groups is 1. The standard InChI is InChI=1S/C26H24ClN3O5/c1-29-14-19(24(30(32)33)26(29)20-5-3-4-6-21(20)28-25(26)31)17-9-12-22(23(13-17)34-2)35-15-16-7-10-18(27)11-8-16/h3-13,19,24H,14-15H2,1-2H3,(H,28,31)/t19-,24-,26+/m0/s1. The molecule has 8 nitrogen and oxygen atoms in total. The van der Waals surface area contributed by atoms with Crippen molar-refractivity contribution < 1.29 is 19.2 Å². The van der Waals surface area contributed by atoms with Crippen molar-refractivity contribution in [3.63, 3.8) is 0 Å². The molecule has 1 N–H and O–H groups in total. The van der Waals surface area contributed by atoms with E-state index in [0.717, 1.165) is 5.56 Å². The van der Waals surface area contributed by atoms with Crippen LogP contribution in [0, 0.1) is 10.1 Å². The molecule has 35 heavy (non-hydrogen) atoms. The number of benzene rings is 3. The van der Waals surface area contributed by atoms with Crippen LogP contribution in [-0.2, 0) is 16.9 Å². The van der Waals surface area contributed by atoms with E-state index in [-0.39, 0.29) is 10.8 Å². The van der Waals surface area contributed by atoms with Gasteiger partial charge in [-0.15, -0.1) is 0 Å². The Morgan fingerprint density at radius 1 is 1.14 bits per heavy atom. The first-order valence-electron chi connectivity index (χ1n) is 11.2. The zero-order valence-corrected chi connectivity index (χ0v) is 20.0. The molecule has 1 spiro atoms. The summed E-state index contributed by atoms with van der Waals surface area (Å²) < 4.78 is 11.5. The molecule has 2 heterocycles. The number of anilines is 1. The lowest BCUT2D eigenvalue weighted by Gasteiger charge is -2.30. The smallest absolute Gasteiger partial charge is 0.256 e. The summed E-state index contributed by atoms with van der Waals surface area (Å²) in [5.74, 6) is 0.0821.